The number of ether oxygens (including phenoxy) is 3. The van der Waals surface area contributed by atoms with Gasteiger partial charge in [0.05, 0.1) is 0 Å². The first-order valence-corrected chi connectivity index (χ1v) is 11.6. The number of carbonyl (C=O) groups is 3. The predicted octanol–water partition coefficient (Wildman–Crippen LogP) is 6.86. The van der Waals surface area contributed by atoms with E-state index in [9.17, 15) is 14.4 Å². The van der Waals surface area contributed by atoms with E-state index < -0.39 is 17.9 Å². The van der Waals surface area contributed by atoms with Crippen molar-refractivity contribution in [2.45, 2.75) is 47.5 Å². The van der Waals surface area contributed by atoms with Crippen LogP contribution >= 0.6 is 0 Å². The Balaban J connectivity index is 2.54. The van der Waals surface area contributed by atoms with Crippen LogP contribution in [0.2, 0.25) is 0 Å². The molecule has 2 aromatic rings. The molecule has 0 unspecified atom stereocenters. The molecule has 0 aliphatic carbocycles. The van der Waals surface area contributed by atoms with Gasteiger partial charge in [0.25, 0.3) is 0 Å². The molecule has 0 saturated heterocycles. The second-order valence-corrected chi connectivity index (χ2v) is 8.36. The second-order valence-electron chi connectivity index (χ2n) is 8.36. The maximum atomic E-state index is 12.3. The largest absolute Gasteiger partial charge is 0.423 e. The van der Waals surface area contributed by atoms with Crippen LogP contribution in [-0.4, -0.2) is 17.9 Å². The van der Waals surface area contributed by atoms with Gasteiger partial charge in [-0.3, -0.25) is 0 Å². The molecule has 0 N–H and O–H groups in total. The van der Waals surface area contributed by atoms with Crippen LogP contribution < -0.4 is 14.2 Å². The van der Waals surface area contributed by atoms with Crippen LogP contribution in [0.5, 0.6) is 17.2 Å². The van der Waals surface area contributed by atoms with Gasteiger partial charge in [0.2, 0.25) is 0 Å². The first-order valence-electron chi connectivity index (χ1n) is 11.6. The van der Waals surface area contributed by atoms with Gasteiger partial charge in [-0.1, -0.05) is 51.8 Å². The highest BCUT2D eigenvalue weighted by Crippen LogP contribution is 2.37. The van der Waals surface area contributed by atoms with Gasteiger partial charge >= 0.3 is 17.9 Å². The molecular formula is C30H32O6. The molecule has 0 spiro atoms. The lowest BCUT2D eigenvalue weighted by Gasteiger charge is -2.17. The monoisotopic (exact) mass is 488 g/mol. The number of benzene rings is 2. The minimum atomic E-state index is -0.627. The molecule has 2 aromatic carbocycles. The average Bonchev–Trinajstić information content (AvgIpc) is 2.83. The quantitative estimate of drug-likeness (QED) is 0.157. The average molecular weight is 489 g/mol. The summed E-state index contributed by atoms with van der Waals surface area (Å²) in [5.41, 5.74) is 4.62. The van der Waals surface area contributed by atoms with Crippen LogP contribution in [0, 0.1) is 0 Å². The number of carbonyl (C=O) groups excluding carboxylic acids is 3. The maximum absolute atomic E-state index is 12.3. The highest BCUT2D eigenvalue weighted by atomic mass is 16.6. The number of allylic oxidation sites excluding steroid dienone is 2. The summed E-state index contributed by atoms with van der Waals surface area (Å²) in [6.07, 6.45) is 1.41. The second kappa shape index (κ2) is 12.5. The van der Waals surface area contributed by atoms with Crippen molar-refractivity contribution in [3.63, 3.8) is 0 Å². The molecule has 0 aliphatic rings. The molecule has 0 saturated carbocycles. The van der Waals surface area contributed by atoms with Crippen LogP contribution in [0.4, 0.5) is 0 Å². The van der Waals surface area contributed by atoms with Gasteiger partial charge in [-0.2, -0.15) is 0 Å². The lowest BCUT2D eigenvalue weighted by molar-refractivity contribution is -0.132. The Morgan fingerprint density at radius 3 is 1.50 bits per heavy atom. The third-order valence-electron chi connectivity index (χ3n) is 5.23. The molecule has 188 valence electrons. The SMILES string of the molecule is C=C(C)C(=O)Oc1ccc(/C(CC)=C(\CC)c2ccc(OC(=O)C(=C)C)c(OC(=O)C(=C)C)c2)cc1. The zero-order chi connectivity index (χ0) is 27.0. The van der Waals surface area contributed by atoms with E-state index in [2.05, 4.69) is 19.7 Å². The van der Waals surface area contributed by atoms with Crippen molar-refractivity contribution in [1.29, 1.82) is 0 Å². The molecule has 0 aliphatic heterocycles. The van der Waals surface area contributed by atoms with Crippen LogP contribution in [0.25, 0.3) is 11.1 Å². The predicted molar refractivity (Wildman–Crippen MR) is 142 cm³/mol. The van der Waals surface area contributed by atoms with Crippen molar-refractivity contribution in [3.8, 4) is 17.2 Å². The van der Waals surface area contributed by atoms with Crippen molar-refractivity contribution >= 4 is 29.1 Å². The van der Waals surface area contributed by atoms with Crippen molar-refractivity contribution < 1.29 is 28.6 Å². The van der Waals surface area contributed by atoms with Crippen molar-refractivity contribution in [2.24, 2.45) is 0 Å². The molecular weight excluding hydrogens is 456 g/mol. The molecule has 0 heterocycles. The summed E-state index contributed by atoms with van der Waals surface area (Å²) >= 11 is 0. The van der Waals surface area contributed by atoms with Gasteiger partial charge in [0, 0.05) is 16.7 Å². The topological polar surface area (TPSA) is 78.9 Å². The third kappa shape index (κ3) is 7.15. The summed E-state index contributed by atoms with van der Waals surface area (Å²) in [6.45, 7) is 19.5. The Kier molecular flexibility index (Phi) is 9.74. The first kappa shape index (κ1) is 28.1. The van der Waals surface area contributed by atoms with E-state index >= 15 is 0 Å². The summed E-state index contributed by atoms with van der Waals surface area (Å²) < 4.78 is 16.2. The minimum Gasteiger partial charge on any atom is -0.423 e. The summed E-state index contributed by atoms with van der Waals surface area (Å²) in [4.78, 5) is 36.2. The summed E-state index contributed by atoms with van der Waals surface area (Å²) in [7, 11) is 0. The zero-order valence-electron chi connectivity index (χ0n) is 21.5. The smallest absolute Gasteiger partial charge is 0.338 e. The molecule has 2 rings (SSSR count). The summed E-state index contributed by atoms with van der Waals surface area (Å²) in [5, 5.41) is 0. The van der Waals surface area contributed by atoms with Gasteiger partial charge < -0.3 is 14.2 Å². The number of hydrogen-bond acceptors (Lipinski definition) is 6. The minimum absolute atomic E-state index is 0.110. The van der Waals surface area contributed by atoms with Gasteiger partial charge in [-0.15, -0.1) is 0 Å². The first-order chi connectivity index (χ1) is 17.0. The Bertz CT molecular complexity index is 1240. The Labute approximate surface area is 212 Å². The van der Waals surface area contributed by atoms with Crippen molar-refractivity contribution in [2.75, 3.05) is 0 Å². The molecule has 36 heavy (non-hydrogen) atoms. The zero-order valence-corrected chi connectivity index (χ0v) is 21.5. The molecule has 0 fully saturated rings. The lowest BCUT2D eigenvalue weighted by Crippen LogP contribution is -2.13. The van der Waals surface area contributed by atoms with Gasteiger partial charge in [0.15, 0.2) is 11.5 Å². The van der Waals surface area contributed by atoms with Gasteiger partial charge in [-0.05, 0) is 80.2 Å². The Hall–Kier alpha value is -4.19. The molecule has 0 bridgehead atoms. The van der Waals surface area contributed by atoms with Crippen LogP contribution in [0.15, 0.2) is 78.9 Å². The van der Waals surface area contributed by atoms with Gasteiger partial charge in [0.1, 0.15) is 5.75 Å². The standard InChI is InChI=1S/C30H32O6/c1-9-24(21-11-14-23(15-12-21)34-28(31)18(3)4)25(10-2)22-13-16-26(35-29(32)19(5)6)27(17-22)36-30(33)20(7)8/h11-17H,3,5,7,9-10H2,1-2,4,6,8H3/b25-24+. The van der Waals surface area contributed by atoms with Crippen LogP contribution in [-0.2, 0) is 14.4 Å². The Morgan fingerprint density at radius 2 is 1.03 bits per heavy atom. The molecule has 0 radical (unpaired) electrons. The number of hydrogen-bond donors (Lipinski definition) is 0. The van der Waals surface area contributed by atoms with E-state index in [4.69, 9.17) is 14.2 Å². The van der Waals surface area contributed by atoms with Gasteiger partial charge in [-0.25, -0.2) is 14.4 Å². The fourth-order valence-corrected chi connectivity index (χ4v) is 3.34. The van der Waals surface area contributed by atoms with E-state index in [1.807, 2.05) is 32.0 Å². The molecule has 6 heteroatoms. The highest BCUT2D eigenvalue weighted by Gasteiger charge is 2.18. The number of esters is 3. The third-order valence-corrected chi connectivity index (χ3v) is 5.23. The van der Waals surface area contributed by atoms with Crippen molar-refractivity contribution in [1.82, 2.24) is 0 Å². The van der Waals surface area contributed by atoms with E-state index in [0.29, 0.717) is 17.7 Å². The normalized spacial score (nSPS) is 11.1. The molecule has 0 atom stereocenters. The fraction of sp³-hybridized carbons (Fsp3) is 0.233. The van der Waals surface area contributed by atoms with Crippen molar-refractivity contribution in [3.05, 3.63) is 90.0 Å². The maximum Gasteiger partial charge on any atom is 0.338 e. The van der Waals surface area contributed by atoms with Crippen LogP contribution in [0.3, 0.4) is 0 Å². The highest BCUT2D eigenvalue weighted by molar-refractivity contribution is 5.94. The number of rotatable bonds is 10. The van der Waals surface area contributed by atoms with E-state index in [1.54, 1.807) is 31.2 Å². The van der Waals surface area contributed by atoms with Crippen LogP contribution in [0.1, 0.15) is 58.6 Å². The fourth-order valence-electron chi connectivity index (χ4n) is 3.34. The van der Waals surface area contributed by atoms with E-state index in [-0.39, 0.29) is 22.6 Å². The molecule has 6 nitrogen and oxygen atoms in total. The Morgan fingerprint density at radius 1 is 0.611 bits per heavy atom. The lowest BCUT2D eigenvalue weighted by atomic mass is 9.91. The summed E-state index contributed by atoms with van der Waals surface area (Å²) in [5.74, 6) is -1.08. The molecule has 0 aromatic heterocycles. The summed E-state index contributed by atoms with van der Waals surface area (Å²) in [6, 6.07) is 12.3. The molecule has 0 amide bonds. The van der Waals surface area contributed by atoms with E-state index in [0.717, 1.165) is 28.7 Å². The van der Waals surface area contributed by atoms with E-state index in [1.165, 1.54) is 13.8 Å².